The van der Waals surface area contributed by atoms with Crippen LogP contribution in [0.25, 0.3) is 0 Å². The summed E-state index contributed by atoms with van der Waals surface area (Å²) in [7, 11) is 1.61. The monoisotopic (exact) mass is 554 g/mol. The molecule has 2 aliphatic rings. The first-order valence-electron chi connectivity index (χ1n) is 12.9. The van der Waals surface area contributed by atoms with Crippen LogP contribution in [-0.4, -0.2) is 46.4 Å². The molecule has 0 unspecified atom stereocenters. The Kier molecular flexibility index (Phi) is 6.43. The van der Waals surface area contributed by atoms with Crippen LogP contribution in [0.3, 0.4) is 0 Å². The van der Waals surface area contributed by atoms with Crippen LogP contribution in [0.2, 0.25) is 5.02 Å². The second kappa shape index (κ2) is 9.95. The van der Waals surface area contributed by atoms with E-state index in [0.717, 1.165) is 28.3 Å². The van der Waals surface area contributed by atoms with E-state index in [1.807, 2.05) is 86.6 Å². The van der Waals surface area contributed by atoms with Gasteiger partial charge in [-0.2, -0.15) is 0 Å². The van der Waals surface area contributed by atoms with E-state index < -0.39 is 11.6 Å². The summed E-state index contributed by atoms with van der Waals surface area (Å²) < 4.78 is 11.6. The lowest BCUT2D eigenvalue weighted by molar-refractivity contribution is -0.178. The van der Waals surface area contributed by atoms with E-state index in [0.29, 0.717) is 22.8 Å². The van der Waals surface area contributed by atoms with Crippen molar-refractivity contribution in [2.75, 3.05) is 18.6 Å². The van der Waals surface area contributed by atoms with Gasteiger partial charge in [-0.05, 0) is 61.4 Å². The number of rotatable bonds is 6. The van der Waals surface area contributed by atoms with Crippen LogP contribution in [0.15, 0.2) is 78.9 Å². The van der Waals surface area contributed by atoms with E-state index in [1.54, 1.807) is 23.0 Å². The van der Waals surface area contributed by atoms with Gasteiger partial charge in [-0.3, -0.25) is 9.59 Å². The Bertz CT molecular complexity index is 1590. The number of methoxy groups -OCH3 is 1. The zero-order valence-corrected chi connectivity index (χ0v) is 23.1. The molecular formula is C31H27ClN4O4. The largest absolute Gasteiger partial charge is 0.497 e. The molecule has 0 bridgehead atoms. The van der Waals surface area contributed by atoms with E-state index in [2.05, 4.69) is 9.97 Å². The first-order valence-corrected chi connectivity index (χ1v) is 13.3. The number of halogens is 1. The van der Waals surface area contributed by atoms with E-state index in [9.17, 15) is 9.59 Å². The number of nitrogens with zero attached hydrogens (tertiary/aromatic N) is 4. The number of carbonyl (C=O) groups is 2. The smallest absolute Gasteiger partial charge is 0.317 e. The molecule has 0 radical (unpaired) electrons. The third kappa shape index (κ3) is 4.16. The van der Waals surface area contributed by atoms with Crippen molar-refractivity contribution in [3.05, 3.63) is 112 Å². The van der Waals surface area contributed by atoms with Gasteiger partial charge in [0.2, 0.25) is 12.0 Å². The van der Waals surface area contributed by atoms with E-state index in [1.165, 1.54) is 0 Å². The summed E-state index contributed by atoms with van der Waals surface area (Å²) in [6, 6.07) is 24.5. The molecule has 2 aliphatic heterocycles. The van der Waals surface area contributed by atoms with E-state index >= 15 is 0 Å². The average Bonchev–Trinajstić information content (AvgIpc) is 3.03. The molecule has 9 heteroatoms. The molecule has 2 amide bonds. The predicted octanol–water partition coefficient (Wildman–Crippen LogP) is 4.84. The number of β-lactam (4-membered cyclic amide) rings is 1. The number of hydrogen-bond donors (Lipinski definition) is 0. The minimum Gasteiger partial charge on any atom is -0.497 e. The number of ether oxygens (including phenoxy) is 2. The molecule has 1 fully saturated rings. The van der Waals surface area contributed by atoms with Crippen molar-refractivity contribution < 1.29 is 19.1 Å². The maximum Gasteiger partial charge on any atom is 0.317 e. The number of anilines is 1. The first-order chi connectivity index (χ1) is 19.3. The molecule has 1 aromatic heterocycles. The van der Waals surface area contributed by atoms with Gasteiger partial charge >= 0.3 is 6.01 Å². The molecular weight excluding hydrogens is 528 g/mol. The fraction of sp³-hybridized carbons (Fsp3) is 0.226. The van der Waals surface area contributed by atoms with Crippen LogP contribution in [0, 0.1) is 13.8 Å². The topological polar surface area (TPSA) is 84.9 Å². The highest BCUT2D eigenvalue weighted by Gasteiger charge is 2.67. The SMILES string of the molecule is COc1ccc(CN2C(=O)CN3C(=O)[C@@H](Oc4nc(C)cc(C)n4)[C@@]3(c3ccccc3)c3cc(Cl)ccc32)cc1. The summed E-state index contributed by atoms with van der Waals surface area (Å²) in [4.78, 5) is 39.8. The van der Waals surface area contributed by atoms with Crippen molar-refractivity contribution in [1.82, 2.24) is 14.9 Å². The maximum absolute atomic E-state index is 13.9. The number of fused-ring (bicyclic) bond motifs is 3. The molecule has 0 spiro atoms. The van der Waals surface area contributed by atoms with Gasteiger partial charge in [0.05, 0.1) is 19.3 Å². The average molecular weight is 555 g/mol. The molecule has 3 heterocycles. The first kappa shape index (κ1) is 25.8. The molecule has 8 nitrogen and oxygen atoms in total. The van der Waals surface area contributed by atoms with Crippen LogP contribution in [0.1, 0.15) is 28.1 Å². The van der Waals surface area contributed by atoms with Crippen LogP contribution in [-0.2, 0) is 21.7 Å². The molecule has 0 saturated carbocycles. The normalized spacial score (nSPS) is 19.9. The second-order valence-corrected chi connectivity index (χ2v) is 10.4. The number of aryl methyl sites for hydroxylation is 2. The Labute approximate surface area is 237 Å². The maximum atomic E-state index is 13.9. The lowest BCUT2D eigenvalue weighted by Gasteiger charge is -2.55. The van der Waals surface area contributed by atoms with Crippen molar-refractivity contribution in [2.24, 2.45) is 0 Å². The van der Waals surface area contributed by atoms with Crippen LogP contribution in [0.4, 0.5) is 5.69 Å². The van der Waals surface area contributed by atoms with Gasteiger partial charge in [0.15, 0.2) is 0 Å². The summed E-state index contributed by atoms with van der Waals surface area (Å²) in [6.07, 6.45) is -1.01. The van der Waals surface area contributed by atoms with Crippen LogP contribution >= 0.6 is 11.6 Å². The Morgan fingerprint density at radius 3 is 2.33 bits per heavy atom. The van der Waals surface area contributed by atoms with Gasteiger partial charge in [0, 0.05) is 22.0 Å². The Balaban J connectivity index is 1.53. The lowest BCUT2D eigenvalue weighted by atomic mass is 9.69. The summed E-state index contributed by atoms with van der Waals surface area (Å²) in [5.74, 6) is 0.188. The van der Waals surface area contributed by atoms with Crippen molar-refractivity contribution >= 4 is 29.1 Å². The molecule has 202 valence electrons. The molecule has 0 aliphatic carbocycles. The molecule has 1 saturated heterocycles. The van der Waals surface area contributed by atoms with E-state index in [-0.39, 0.29) is 24.4 Å². The minimum atomic E-state index is -1.14. The highest BCUT2D eigenvalue weighted by Crippen LogP contribution is 2.53. The van der Waals surface area contributed by atoms with Crippen molar-refractivity contribution in [2.45, 2.75) is 32.0 Å². The quantitative estimate of drug-likeness (QED) is 0.317. The van der Waals surface area contributed by atoms with Gasteiger partial charge in [-0.25, -0.2) is 9.97 Å². The number of hydrogen-bond acceptors (Lipinski definition) is 6. The summed E-state index contributed by atoms with van der Waals surface area (Å²) >= 11 is 6.59. The number of benzene rings is 3. The minimum absolute atomic E-state index is 0.111. The summed E-state index contributed by atoms with van der Waals surface area (Å²) in [6.45, 7) is 3.86. The third-order valence-corrected chi connectivity index (χ3v) is 7.68. The second-order valence-electron chi connectivity index (χ2n) is 9.98. The third-order valence-electron chi connectivity index (χ3n) is 7.45. The van der Waals surface area contributed by atoms with Gasteiger partial charge in [0.25, 0.3) is 5.91 Å². The Hall–Kier alpha value is -4.43. The number of carbonyl (C=O) groups excluding carboxylic acids is 2. The van der Waals surface area contributed by atoms with Crippen LogP contribution in [0.5, 0.6) is 11.8 Å². The van der Waals surface area contributed by atoms with Gasteiger partial charge in [-0.1, -0.05) is 54.1 Å². The number of aromatic nitrogens is 2. The summed E-state index contributed by atoms with van der Waals surface area (Å²) in [5.41, 5.74) is 3.38. The number of amides is 2. The van der Waals surface area contributed by atoms with Gasteiger partial charge < -0.3 is 19.3 Å². The lowest BCUT2D eigenvalue weighted by Crippen LogP contribution is -2.74. The summed E-state index contributed by atoms with van der Waals surface area (Å²) in [5, 5.41) is 0.480. The van der Waals surface area contributed by atoms with Gasteiger partial charge in [-0.15, -0.1) is 0 Å². The Morgan fingerprint density at radius 2 is 1.65 bits per heavy atom. The van der Waals surface area contributed by atoms with Gasteiger partial charge in [0.1, 0.15) is 17.8 Å². The standard InChI is InChI=1S/C31H27ClN4O4/c1-19-15-20(2)34-30(33-19)40-28-29(38)36-18-27(37)35(17-21-9-12-24(39-3)13-10-21)26-14-11-23(32)16-25(26)31(28,36)22-7-5-4-6-8-22/h4-16,28H,17-18H2,1-3H3/t28-,31-/m1/s1. The van der Waals surface area contributed by atoms with Crippen LogP contribution < -0.4 is 14.4 Å². The molecule has 2 atom stereocenters. The van der Waals surface area contributed by atoms with Crippen molar-refractivity contribution in [3.63, 3.8) is 0 Å². The molecule has 3 aromatic carbocycles. The molecule has 0 N–H and O–H groups in total. The molecule has 6 rings (SSSR count). The van der Waals surface area contributed by atoms with Crippen molar-refractivity contribution in [1.29, 1.82) is 0 Å². The predicted molar refractivity (Wildman–Crippen MR) is 150 cm³/mol. The fourth-order valence-electron chi connectivity index (χ4n) is 5.69. The zero-order valence-electron chi connectivity index (χ0n) is 22.3. The Morgan fingerprint density at radius 1 is 0.950 bits per heavy atom. The fourth-order valence-corrected chi connectivity index (χ4v) is 5.86. The van der Waals surface area contributed by atoms with Crippen molar-refractivity contribution in [3.8, 4) is 11.8 Å². The van der Waals surface area contributed by atoms with E-state index in [4.69, 9.17) is 21.1 Å². The highest BCUT2D eigenvalue weighted by atomic mass is 35.5. The zero-order chi connectivity index (χ0) is 28.0. The highest BCUT2D eigenvalue weighted by molar-refractivity contribution is 6.30. The molecule has 4 aromatic rings. The molecule has 40 heavy (non-hydrogen) atoms.